The van der Waals surface area contributed by atoms with Crippen LogP contribution in [-0.4, -0.2) is 36.2 Å². The van der Waals surface area contributed by atoms with Gasteiger partial charge in [-0.15, -0.1) is 0 Å². The molecule has 2 heterocycles. The maximum Gasteiger partial charge on any atom is 0.227 e. The first-order chi connectivity index (χ1) is 12.7. The molecule has 0 amide bonds. The molecule has 0 spiro atoms. The van der Waals surface area contributed by atoms with Crippen LogP contribution in [0.2, 0.25) is 0 Å². The smallest absolute Gasteiger partial charge is 0.227 e. The topological polar surface area (TPSA) is 50.3 Å². The van der Waals surface area contributed by atoms with Gasteiger partial charge in [0.1, 0.15) is 11.6 Å². The van der Waals surface area contributed by atoms with Gasteiger partial charge in [0.15, 0.2) is 0 Å². The van der Waals surface area contributed by atoms with E-state index in [1.54, 1.807) is 7.11 Å². The molecule has 0 saturated carbocycles. The number of methoxy groups -OCH3 is 1. The van der Waals surface area contributed by atoms with Crippen LogP contribution in [0.5, 0.6) is 5.75 Å². The lowest BCUT2D eigenvalue weighted by atomic mass is 10.0. The summed E-state index contributed by atoms with van der Waals surface area (Å²) in [5, 5.41) is 3.47. The highest BCUT2D eigenvalue weighted by molar-refractivity contribution is 5.44. The molecule has 1 saturated heterocycles. The Kier molecular flexibility index (Phi) is 6.31. The number of ether oxygens (including phenoxy) is 1. The first-order valence-corrected chi connectivity index (χ1v) is 9.68. The molecule has 5 nitrogen and oxygen atoms in total. The minimum atomic E-state index is 0.565. The second kappa shape index (κ2) is 8.88. The monoisotopic (exact) mass is 354 g/mol. The maximum absolute atomic E-state index is 5.29. The number of anilines is 2. The number of nitrogens with zero attached hydrogens (tertiary/aromatic N) is 3. The van der Waals surface area contributed by atoms with Crippen LogP contribution in [0.15, 0.2) is 30.3 Å². The third-order valence-corrected chi connectivity index (χ3v) is 5.05. The summed E-state index contributed by atoms with van der Waals surface area (Å²) >= 11 is 0. The van der Waals surface area contributed by atoms with Gasteiger partial charge in [-0.1, -0.05) is 19.1 Å². The van der Waals surface area contributed by atoms with Crippen LogP contribution in [0, 0.1) is 6.92 Å². The number of nitrogens with one attached hydrogen (secondary N) is 1. The van der Waals surface area contributed by atoms with E-state index in [1.807, 2.05) is 25.1 Å². The van der Waals surface area contributed by atoms with Crippen LogP contribution in [0.4, 0.5) is 11.8 Å². The summed E-state index contributed by atoms with van der Waals surface area (Å²) in [5.74, 6) is 2.69. The van der Waals surface area contributed by atoms with E-state index in [0.717, 1.165) is 49.1 Å². The summed E-state index contributed by atoms with van der Waals surface area (Å²) in [7, 11) is 1.70. The molecular formula is C21H30N4O. The van der Waals surface area contributed by atoms with Gasteiger partial charge in [-0.3, -0.25) is 0 Å². The zero-order chi connectivity index (χ0) is 18.4. The quantitative estimate of drug-likeness (QED) is 0.807. The number of rotatable bonds is 7. The van der Waals surface area contributed by atoms with Crippen molar-refractivity contribution in [1.82, 2.24) is 9.97 Å². The lowest BCUT2D eigenvalue weighted by molar-refractivity contribution is 0.414. The number of aromatic nitrogens is 2. The fraction of sp³-hybridized carbons (Fsp3) is 0.524. The van der Waals surface area contributed by atoms with Gasteiger partial charge in [0.05, 0.1) is 7.11 Å². The summed E-state index contributed by atoms with van der Waals surface area (Å²) in [6.07, 6.45) is 5.86. The second-order valence-electron chi connectivity index (χ2n) is 6.97. The molecule has 1 fully saturated rings. The lowest BCUT2D eigenvalue weighted by Gasteiger charge is -2.35. The molecule has 1 aliphatic rings. The number of benzene rings is 1. The third-order valence-electron chi connectivity index (χ3n) is 5.05. The Morgan fingerprint density at radius 2 is 2.12 bits per heavy atom. The average molecular weight is 354 g/mol. The van der Waals surface area contributed by atoms with E-state index >= 15 is 0 Å². The van der Waals surface area contributed by atoms with Crippen molar-refractivity contribution in [3.8, 4) is 5.75 Å². The van der Waals surface area contributed by atoms with Crippen molar-refractivity contribution in [2.24, 2.45) is 0 Å². The molecule has 1 atom stereocenters. The summed E-state index contributed by atoms with van der Waals surface area (Å²) in [4.78, 5) is 11.9. The molecule has 1 aromatic carbocycles. The van der Waals surface area contributed by atoms with E-state index in [2.05, 4.69) is 29.3 Å². The summed E-state index contributed by atoms with van der Waals surface area (Å²) in [6.45, 7) is 6.20. The highest BCUT2D eigenvalue weighted by Crippen LogP contribution is 2.25. The van der Waals surface area contributed by atoms with Crippen LogP contribution in [0.3, 0.4) is 0 Å². The van der Waals surface area contributed by atoms with Gasteiger partial charge in [0, 0.05) is 30.9 Å². The molecule has 1 N–H and O–H groups in total. The van der Waals surface area contributed by atoms with Crippen molar-refractivity contribution < 1.29 is 4.74 Å². The first-order valence-electron chi connectivity index (χ1n) is 9.68. The van der Waals surface area contributed by atoms with Gasteiger partial charge in [0.2, 0.25) is 5.95 Å². The van der Waals surface area contributed by atoms with Crippen LogP contribution in [0.1, 0.15) is 43.9 Å². The van der Waals surface area contributed by atoms with E-state index in [4.69, 9.17) is 14.7 Å². The Hall–Kier alpha value is -2.30. The van der Waals surface area contributed by atoms with Gasteiger partial charge in [0.25, 0.3) is 0 Å². The summed E-state index contributed by atoms with van der Waals surface area (Å²) in [5.41, 5.74) is 2.27. The van der Waals surface area contributed by atoms with Gasteiger partial charge in [-0.05, 0) is 56.7 Å². The predicted octanol–water partition coefficient (Wildman–Crippen LogP) is 4.22. The SMILES string of the molecule is CCC1CCCCN1c1nc(C)cc(NCCc2cccc(OC)c2)n1. The highest BCUT2D eigenvalue weighted by atomic mass is 16.5. The van der Waals surface area contributed by atoms with Crippen molar-refractivity contribution in [3.63, 3.8) is 0 Å². The fourth-order valence-corrected chi connectivity index (χ4v) is 3.62. The molecular weight excluding hydrogens is 324 g/mol. The zero-order valence-electron chi connectivity index (χ0n) is 16.2. The van der Waals surface area contributed by atoms with Gasteiger partial charge >= 0.3 is 0 Å². The molecule has 5 heteroatoms. The van der Waals surface area contributed by atoms with Gasteiger partial charge < -0.3 is 15.0 Å². The van der Waals surface area contributed by atoms with Crippen LogP contribution in [0.25, 0.3) is 0 Å². The summed E-state index contributed by atoms with van der Waals surface area (Å²) in [6, 6.07) is 10.8. The Labute approximate surface area is 156 Å². The second-order valence-corrected chi connectivity index (χ2v) is 6.97. The van der Waals surface area contributed by atoms with Crippen molar-refractivity contribution in [1.29, 1.82) is 0 Å². The molecule has 3 rings (SSSR count). The molecule has 1 unspecified atom stereocenters. The van der Waals surface area contributed by atoms with E-state index in [0.29, 0.717) is 6.04 Å². The molecule has 26 heavy (non-hydrogen) atoms. The number of hydrogen-bond donors (Lipinski definition) is 1. The van der Waals surface area contributed by atoms with Crippen LogP contribution < -0.4 is 15.0 Å². The van der Waals surface area contributed by atoms with Gasteiger partial charge in [-0.2, -0.15) is 4.98 Å². The Balaban J connectivity index is 1.65. The summed E-state index contributed by atoms with van der Waals surface area (Å²) < 4.78 is 5.29. The minimum Gasteiger partial charge on any atom is -0.497 e. The number of piperidine rings is 1. The number of hydrogen-bond acceptors (Lipinski definition) is 5. The van der Waals surface area contributed by atoms with Crippen molar-refractivity contribution >= 4 is 11.8 Å². The largest absolute Gasteiger partial charge is 0.497 e. The average Bonchev–Trinajstić information content (AvgIpc) is 2.67. The van der Waals surface area contributed by atoms with E-state index in [9.17, 15) is 0 Å². The molecule has 2 aromatic rings. The lowest BCUT2D eigenvalue weighted by Crippen LogP contribution is -2.40. The molecule has 140 valence electrons. The van der Waals surface area contributed by atoms with Crippen LogP contribution in [-0.2, 0) is 6.42 Å². The van der Waals surface area contributed by atoms with Gasteiger partial charge in [-0.25, -0.2) is 4.98 Å². The Morgan fingerprint density at radius 1 is 1.23 bits per heavy atom. The van der Waals surface area contributed by atoms with Crippen molar-refractivity contribution in [3.05, 3.63) is 41.6 Å². The fourth-order valence-electron chi connectivity index (χ4n) is 3.62. The first kappa shape index (κ1) is 18.5. The van der Waals surface area contributed by atoms with Crippen molar-refractivity contribution in [2.75, 3.05) is 30.4 Å². The normalized spacial score (nSPS) is 17.2. The molecule has 1 aliphatic heterocycles. The molecule has 0 aliphatic carbocycles. The standard InChI is InChI=1S/C21H30N4O/c1-4-18-9-5-6-13-25(18)21-23-16(2)14-20(24-21)22-12-11-17-8-7-10-19(15-17)26-3/h7-8,10,14-15,18H,4-6,9,11-13H2,1-3H3,(H,22,23,24). The predicted molar refractivity (Wildman–Crippen MR) is 107 cm³/mol. The molecule has 1 aromatic heterocycles. The number of aryl methyl sites for hydroxylation is 1. The molecule has 0 bridgehead atoms. The van der Waals surface area contributed by atoms with E-state index in [-0.39, 0.29) is 0 Å². The van der Waals surface area contributed by atoms with E-state index in [1.165, 1.54) is 24.8 Å². The highest BCUT2D eigenvalue weighted by Gasteiger charge is 2.23. The molecule has 0 radical (unpaired) electrons. The van der Waals surface area contributed by atoms with E-state index < -0.39 is 0 Å². The third kappa shape index (κ3) is 4.65. The Morgan fingerprint density at radius 3 is 2.92 bits per heavy atom. The van der Waals surface area contributed by atoms with Crippen molar-refractivity contribution in [2.45, 2.75) is 52.0 Å². The van der Waals surface area contributed by atoms with Crippen LogP contribution >= 0.6 is 0 Å². The maximum atomic E-state index is 5.29. The minimum absolute atomic E-state index is 0.565. The Bertz CT molecular complexity index is 719. The zero-order valence-corrected chi connectivity index (χ0v) is 16.2.